The van der Waals surface area contributed by atoms with Gasteiger partial charge in [0.05, 0.1) is 24.3 Å². The second-order valence-corrected chi connectivity index (χ2v) is 7.05. The maximum atomic E-state index is 11.2. The van der Waals surface area contributed by atoms with Crippen LogP contribution in [0.5, 0.6) is 5.75 Å². The molecule has 5 nitrogen and oxygen atoms in total. The summed E-state index contributed by atoms with van der Waals surface area (Å²) in [4.78, 5) is 11.2. The van der Waals surface area contributed by atoms with Crippen LogP contribution in [0.1, 0.15) is 36.6 Å². The van der Waals surface area contributed by atoms with Gasteiger partial charge in [0.1, 0.15) is 5.75 Å². The van der Waals surface area contributed by atoms with Crippen molar-refractivity contribution >= 4 is 6.09 Å². The SMILES string of the molecule is Cc1ccc(-c2ccc3c(c2)OCC(C)(C)C3NC(=O)O)cc1C#N. The van der Waals surface area contributed by atoms with Gasteiger partial charge in [-0.2, -0.15) is 5.26 Å². The van der Waals surface area contributed by atoms with Crippen LogP contribution in [0, 0.1) is 23.7 Å². The first-order valence-corrected chi connectivity index (χ1v) is 8.09. The number of ether oxygens (including phenoxy) is 1. The Morgan fingerprint density at radius 1 is 1.28 bits per heavy atom. The predicted molar refractivity (Wildman–Crippen MR) is 94.5 cm³/mol. The maximum Gasteiger partial charge on any atom is 0.405 e. The van der Waals surface area contributed by atoms with Crippen LogP contribution in [0.3, 0.4) is 0 Å². The number of aryl methyl sites for hydroxylation is 1. The Hall–Kier alpha value is -3.00. The molecule has 5 heteroatoms. The molecule has 25 heavy (non-hydrogen) atoms. The highest BCUT2D eigenvalue weighted by atomic mass is 16.5. The van der Waals surface area contributed by atoms with Crippen molar-refractivity contribution in [1.29, 1.82) is 5.26 Å². The highest BCUT2D eigenvalue weighted by Gasteiger charge is 2.38. The summed E-state index contributed by atoms with van der Waals surface area (Å²) in [6.45, 7) is 6.28. The van der Waals surface area contributed by atoms with Gasteiger partial charge in [-0.3, -0.25) is 0 Å². The summed E-state index contributed by atoms with van der Waals surface area (Å²) >= 11 is 0. The van der Waals surface area contributed by atoms with E-state index in [4.69, 9.17) is 9.84 Å². The Kier molecular flexibility index (Phi) is 4.13. The molecule has 0 spiro atoms. The summed E-state index contributed by atoms with van der Waals surface area (Å²) in [6, 6.07) is 13.4. The van der Waals surface area contributed by atoms with E-state index in [0.29, 0.717) is 17.9 Å². The predicted octanol–water partition coefficient (Wildman–Crippen LogP) is 4.26. The standard InChI is InChI=1S/C20H20N2O3/c1-12-4-5-13(8-15(12)10-21)14-6-7-16-17(9-14)25-11-20(2,3)18(16)22-19(23)24/h4-9,18,22H,11H2,1-3H3,(H,23,24). The Morgan fingerprint density at radius 2 is 1.96 bits per heavy atom. The summed E-state index contributed by atoms with van der Waals surface area (Å²) in [6.07, 6.45) is -1.05. The third kappa shape index (κ3) is 3.16. The summed E-state index contributed by atoms with van der Waals surface area (Å²) in [5.74, 6) is 0.676. The van der Waals surface area contributed by atoms with Gasteiger partial charge in [-0.15, -0.1) is 0 Å². The van der Waals surface area contributed by atoms with Crippen LogP contribution in [0.2, 0.25) is 0 Å². The normalized spacial score (nSPS) is 17.8. The van der Waals surface area contributed by atoms with Gasteiger partial charge in [-0.1, -0.05) is 38.1 Å². The van der Waals surface area contributed by atoms with Gasteiger partial charge in [-0.25, -0.2) is 4.79 Å². The number of carboxylic acid groups (broad SMARTS) is 1. The number of fused-ring (bicyclic) bond motifs is 1. The molecule has 1 heterocycles. The number of nitrogens with zero attached hydrogens (tertiary/aromatic N) is 1. The number of benzene rings is 2. The fourth-order valence-corrected chi connectivity index (χ4v) is 3.16. The summed E-state index contributed by atoms with van der Waals surface area (Å²) in [7, 11) is 0. The number of hydrogen-bond donors (Lipinski definition) is 2. The Balaban J connectivity index is 2.03. The average Bonchev–Trinajstić information content (AvgIpc) is 2.57. The molecule has 1 amide bonds. The molecule has 2 aromatic rings. The monoisotopic (exact) mass is 336 g/mol. The number of rotatable bonds is 2. The van der Waals surface area contributed by atoms with Gasteiger partial charge in [0.15, 0.2) is 0 Å². The number of amides is 1. The molecule has 0 fully saturated rings. The summed E-state index contributed by atoms with van der Waals surface area (Å²) < 4.78 is 5.90. The average molecular weight is 336 g/mol. The van der Waals surface area contributed by atoms with E-state index in [2.05, 4.69) is 11.4 Å². The fourth-order valence-electron chi connectivity index (χ4n) is 3.16. The van der Waals surface area contributed by atoms with Crippen LogP contribution >= 0.6 is 0 Å². The zero-order chi connectivity index (χ0) is 18.2. The van der Waals surface area contributed by atoms with E-state index in [1.807, 2.05) is 57.2 Å². The van der Waals surface area contributed by atoms with Crippen LogP contribution < -0.4 is 10.1 Å². The summed E-state index contributed by atoms with van der Waals surface area (Å²) in [5, 5.41) is 21.0. The van der Waals surface area contributed by atoms with Crippen molar-refractivity contribution < 1.29 is 14.6 Å². The van der Waals surface area contributed by atoms with E-state index in [9.17, 15) is 10.1 Å². The molecule has 0 saturated heterocycles. The van der Waals surface area contributed by atoms with E-state index >= 15 is 0 Å². The van der Waals surface area contributed by atoms with Crippen LogP contribution in [0.15, 0.2) is 36.4 Å². The molecular weight excluding hydrogens is 316 g/mol. The Morgan fingerprint density at radius 3 is 2.64 bits per heavy atom. The molecule has 1 atom stereocenters. The minimum atomic E-state index is -1.05. The first-order chi connectivity index (χ1) is 11.8. The largest absolute Gasteiger partial charge is 0.493 e. The quantitative estimate of drug-likeness (QED) is 0.858. The van der Waals surface area contributed by atoms with Gasteiger partial charge < -0.3 is 15.2 Å². The Labute approximate surface area is 146 Å². The van der Waals surface area contributed by atoms with Crippen LogP contribution in [0.4, 0.5) is 4.79 Å². The number of nitriles is 1. The molecule has 1 unspecified atom stereocenters. The third-order valence-corrected chi connectivity index (χ3v) is 4.66. The molecule has 1 aliphatic heterocycles. The molecular formula is C20H20N2O3. The summed E-state index contributed by atoms with van der Waals surface area (Å²) in [5.41, 5.74) is 3.93. The maximum absolute atomic E-state index is 11.2. The molecule has 128 valence electrons. The number of carbonyl (C=O) groups is 1. The van der Waals surface area contributed by atoms with Gasteiger partial charge in [0.25, 0.3) is 0 Å². The number of nitrogens with one attached hydrogen (secondary N) is 1. The van der Waals surface area contributed by atoms with Crippen molar-refractivity contribution in [3.05, 3.63) is 53.1 Å². The van der Waals surface area contributed by atoms with E-state index in [0.717, 1.165) is 22.3 Å². The van der Waals surface area contributed by atoms with E-state index in [-0.39, 0.29) is 11.5 Å². The second kappa shape index (κ2) is 6.14. The second-order valence-electron chi connectivity index (χ2n) is 7.05. The van der Waals surface area contributed by atoms with E-state index < -0.39 is 6.09 Å². The van der Waals surface area contributed by atoms with Crippen LogP contribution in [-0.2, 0) is 0 Å². The minimum absolute atomic E-state index is 0.338. The van der Waals surface area contributed by atoms with Crippen molar-refractivity contribution in [2.24, 2.45) is 5.41 Å². The lowest BCUT2D eigenvalue weighted by molar-refractivity contribution is 0.0996. The van der Waals surface area contributed by atoms with Crippen LogP contribution in [-0.4, -0.2) is 17.8 Å². The van der Waals surface area contributed by atoms with Gasteiger partial charge >= 0.3 is 6.09 Å². The zero-order valence-corrected chi connectivity index (χ0v) is 14.5. The first-order valence-electron chi connectivity index (χ1n) is 8.09. The van der Waals surface area contributed by atoms with E-state index in [1.165, 1.54) is 0 Å². The van der Waals surface area contributed by atoms with E-state index in [1.54, 1.807) is 0 Å². The van der Waals surface area contributed by atoms with Crippen LogP contribution in [0.25, 0.3) is 11.1 Å². The molecule has 0 radical (unpaired) electrons. The van der Waals surface area contributed by atoms with Gasteiger partial charge in [0.2, 0.25) is 0 Å². The molecule has 0 aromatic heterocycles. The molecule has 0 aliphatic carbocycles. The molecule has 3 rings (SSSR count). The fraction of sp³-hybridized carbons (Fsp3) is 0.300. The smallest absolute Gasteiger partial charge is 0.405 e. The van der Waals surface area contributed by atoms with Crippen molar-refractivity contribution in [2.45, 2.75) is 26.8 Å². The third-order valence-electron chi connectivity index (χ3n) is 4.66. The van der Waals surface area contributed by atoms with Crippen molar-refractivity contribution in [2.75, 3.05) is 6.61 Å². The first kappa shape index (κ1) is 16.8. The highest BCUT2D eigenvalue weighted by molar-refractivity contribution is 5.70. The lowest BCUT2D eigenvalue weighted by atomic mass is 9.78. The van der Waals surface area contributed by atoms with Crippen molar-refractivity contribution in [3.8, 4) is 22.9 Å². The van der Waals surface area contributed by atoms with Crippen molar-refractivity contribution in [1.82, 2.24) is 5.32 Å². The molecule has 0 bridgehead atoms. The minimum Gasteiger partial charge on any atom is -0.493 e. The van der Waals surface area contributed by atoms with Gasteiger partial charge in [0, 0.05) is 11.0 Å². The molecule has 2 aromatic carbocycles. The van der Waals surface area contributed by atoms with Gasteiger partial charge in [-0.05, 0) is 35.7 Å². The number of hydrogen-bond acceptors (Lipinski definition) is 3. The zero-order valence-electron chi connectivity index (χ0n) is 14.5. The topological polar surface area (TPSA) is 82.3 Å². The lowest BCUT2D eigenvalue weighted by Gasteiger charge is -2.39. The van der Waals surface area contributed by atoms with Crippen molar-refractivity contribution in [3.63, 3.8) is 0 Å². The lowest BCUT2D eigenvalue weighted by Crippen LogP contribution is -2.43. The molecule has 2 N–H and O–H groups in total. The molecule has 1 aliphatic rings. The highest BCUT2D eigenvalue weighted by Crippen LogP contribution is 2.44. The Bertz CT molecular complexity index is 881. The molecule has 0 saturated carbocycles.